The van der Waals surface area contributed by atoms with Gasteiger partial charge < -0.3 is 5.11 Å². The Morgan fingerprint density at radius 2 is 2.08 bits per heavy atom. The molecule has 7 nitrogen and oxygen atoms in total. The molecule has 0 radical (unpaired) electrons. The van der Waals surface area contributed by atoms with Crippen LogP contribution in [0.5, 0.6) is 0 Å². The van der Waals surface area contributed by atoms with Crippen LogP contribution in [-0.2, 0) is 6.54 Å². The molecule has 0 spiro atoms. The Hall–Kier alpha value is -2.35. The van der Waals surface area contributed by atoms with E-state index < -0.39 is 0 Å². The predicted octanol–water partition coefficient (Wildman–Crippen LogP) is 2.91. The van der Waals surface area contributed by atoms with Gasteiger partial charge in [0.25, 0.3) is 0 Å². The lowest BCUT2D eigenvalue weighted by atomic mass is 10.1. The van der Waals surface area contributed by atoms with Crippen LogP contribution in [0.15, 0.2) is 36.9 Å². The van der Waals surface area contributed by atoms with E-state index in [4.69, 9.17) is 28.3 Å². The van der Waals surface area contributed by atoms with Gasteiger partial charge in [0.2, 0.25) is 0 Å². The largest absolute Gasteiger partial charge is 0.394 e. The molecule has 0 bridgehead atoms. The first-order valence-corrected chi connectivity index (χ1v) is 7.94. The van der Waals surface area contributed by atoms with Gasteiger partial charge in [-0.15, -0.1) is 5.10 Å². The molecule has 24 heavy (non-hydrogen) atoms. The van der Waals surface area contributed by atoms with Gasteiger partial charge in [-0.3, -0.25) is 9.67 Å². The number of benzene rings is 1. The third kappa shape index (κ3) is 2.37. The number of H-pyrrole nitrogens is 1. The molecule has 3 heterocycles. The summed E-state index contributed by atoms with van der Waals surface area (Å²) in [5.41, 5.74) is 2.63. The van der Waals surface area contributed by atoms with Crippen LogP contribution in [0.2, 0.25) is 10.0 Å². The van der Waals surface area contributed by atoms with Gasteiger partial charge in [-0.1, -0.05) is 34.5 Å². The molecule has 4 rings (SSSR count). The highest BCUT2D eigenvalue weighted by atomic mass is 35.5. The van der Waals surface area contributed by atoms with Crippen molar-refractivity contribution in [2.45, 2.75) is 6.54 Å². The van der Waals surface area contributed by atoms with E-state index in [1.54, 1.807) is 23.1 Å². The second-order valence-electron chi connectivity index (χ2n) is 5.22. The van der Waals surface area contributed by atoms with Gasteiger partial charge in [0.05, 0.1) is 41.1 Å². The van der Waals surface area contributed by atoms with Crippen molar-refractivity contribution in [1.82, 2.24) is 29.8 Å². The molecule has 0 aliphatic heterocycles. The number of fused-ring (bicyclic) bond motifs is 1. The van der Waals surface area contributed by atoms with Gasteiger partial charge in [-0.2, -0.15) is 5.10 Å². The summed E-state index contributed by atoms with van der Waals surface area (Å²) in [6, 6.07) is 3.68. The van der Waals surface area contributed by atoms with Crippen molar-refractivity contribution in [3.8, 4) is 16.9 Å². The zero-order valence-corrected chi connectivity index (χ0v) is 13.8. The lowest BCUT2D eigenvalue weighted by molar-refractivity contribution is 0.268. The fourth-order valence-corrected chi connectivity index (χ4v) is 3.08. The summed E-state index contributed by atoms with van der Waals surface area (Å²) in [4.78, 5) is 0. The topological polar surface area (TPSA) is 84.5 Å². The van der Waals surface area contributed by atoms with Gasteiger partial charge in [-0.25, -0.2) is 4.68 Å². The standard InChI is InChI=1S/C15H12Cl2N6O/c16-12-2-1-10-11(9-5-18-19-6-9)7-23(15(10)14(12)17)13-8-22(3-4-24)21-20-13/h1-2,5-8,24H,3-4H2,(H,18,19). The van der Waals surface area contributed by atoms with Gasteiger partial charge in [-0.05, 0) is 6.07 Å². The van der Waals surface area contributed by atoms with Crippen molar-refractivity contribution < 1.29 is 5.11 Å². The number of aromatic nitrogens is 6. The molecule has 0 aliphatic carbocycles. The molecular formula is C15H12Cl2N6O. The van der Waals surface area contributed by atoms with Gasteiger partial charge in [0.15, 0.2) is 5.82 Å². The molecule has 0 aliphatic rings. The Kier molecular flexibility index (Phi) is 3.76. The summed E-state index contributed by atoms with van der Waals surface area (Å²) in [5, 5.41) is 25.9. The minimum atomic E-state index is -0.0118. The summed E-state index contributed by atoms with van der Waals surface area (Å²) in [6.07, 6.45) is 7.21. The summed E-state index contributed by atoms with van der Waals surface area (Å²) >= 11 is 12.7. The van der Waals surface area contributed by atoms with Crippen molar-refractivity contribution in [3.63, 3.8) is 0 Å². The second-order valence-corrected chi connectivity index (χ2v) is 6.01. The number of aliphatic hydroxyl groups is 1. The van der Waals surface area contributed by atoms with Crippen LogP contribution in [-0.4, -0.2) is 41.5 Å². The first kappa shape index (κ1) is 15.2. The van der Waals surface area contributed by atoms with E-state index in [-0.39, 0.29) is 6.61 Å². The van der Waals surface area contributed by atoms with Crippen LogP contribution in [0.1, 0.15) is 0 Å². The predicted molar refractivity (Wildman–Crippen MR) is 91.5 cm³/mol. The zero-order chi connectivity index (χ0) is 16.7. The highest BCUT2D eigenvalue weighted by Gasteiger charge is 2.18. The Morgan fingerprint density at radius 3 is 2.83 bits per heavy atom. The summed E-state index contributed by atoms with van der Waals surface area (Å²) in [7, 11) is 0. The molecule has 0 unspecified atom stereocenters. The molecule has 4 aromatic rings. The SMILES string of the molecule is OCCn1cc(-n2cc(-c3cn[nH]c3)c3ccc(Cl)c(Cl)c32)nn1. The van der Waals surface area contributed by atoms with E-state index >= 15 is 0 Å². The first-order valence-electron chi connectivity index (χ1n) is 7.18. The highest BCUT2D eigenvalue weighted by Crippen LogP contribution is 2.38. The van der Waals surface area contributed by atoms with Crippen LogP contribution in [0.25, 0.3) is 27.8 Å². The van der Waals surface area contributed by atoms with E-state index in [1.165, 1.54) is 0 Å². The fourth-order valence-electron chi connectivity index (χ4n) is 2.68. The van der Waals surface area contributed by atoms with Gasteiger partial charge >= 0.3 is 0 Å². The molecule has 0 saturated carbocycles. The average molecular weight is 363 g/mol. The average Bonchev–Trinajstić information content (AvgIpc) is 3.29. The number of nitrogens with one attached hydrogen (secondary N) is 1. The molecule has 1 aromatic carbocycles. The molecule has 0 saturated heterocycles. The third-order valence-corrected chi connectivity index (χ3v) is 4.56. The lowest BCUT2D eigenvalue weighted by Gasteiger charge is -2.03. The van der Waals surface area contributed by atoms with Crippen molar-refractivity contribution in [1.29, 1.82) is 0 Å². The maximum absolute atomic E-state index is 9.04. The summed E-state index contributed by atoms with van der Waals surface area (Å²) in [6.45, 7) is 0.358. The minimum Gasteiger partial charge on any atom is -0.394 e. The van der Waals surface area contributed by atoms with Gasteiger partial charge in [0, 0.05) is 28.9 Å². The molecule has 2 N–H and O–H groups in total. The number of rotatable bonds is 4. The summed E-state index contributed by atoms with van der Waals surface area (Å²) < 4.78 is 3.41. The smallest absolute Gasteiger partial charge is 0.179 e. The van der Waals surface area contributed by atoms with E-state index in [9.17, 15) is 0 Å². The van der Waals surface area contributed by atoms with E-state index in [1.807, 2.05) is 23.0 Å². The number of nitrogens with zero attached hydrogens (tertiary/aromatic N) is 5. The molecule has 0 atom stereocenters. The highest BCUT2D eigenvalue weighted by molar-refractivity contribution is 6.45. The normalized spacial score (nSPS) is 11.5. The van der Waals surface area contributed by atoms with E-state index in [0.29, 0.717) is 22.4 Å². The van der Waals surface area contributed by atoms with Crippen LogP contribution in [0.4, 0.5) is 0 Å². The molecular weight excluding hydrogens is 351 g/mol. The monoisotopic (exact) mass is 362 g/mol. The van der Waals surface area contributed by atoms with E-state index in [0.717, 1.165) is 22.0 Å². The van der Waals surface area contributed by atoms with E-state index in [2.05, 4.69) is 20.5 Å². The Balaban J connectivity index is 1.98. The summed E-state index contributed by atoms with van der Waals surface area (Å²) in [5.74, 6) is 0.590. The van der Waals surface area contributed by atoms with Crippen molar-refractivity contribution in [2.24, 2.45) is 0 Å². The second kappa shape index (κ2) is 5.94. The Bertz CT molecular complexity index is 1000. The lowest BCUT2D eigenvalue weighted by Crippen LogP contribution is -2.02. The molecule has 0 amide bonds. The third-order valence-electron chi connectivity index (χ3n) is 3.77. The Morgan fingerprint density at radius 1 is 1.21 bits per heavy atom. The van der Waals surface area contributed by atoms with Crippen molar-refractivity contribution in [3.05, 3.63) is 47.0 Å². The molecule has 0 fully saturated rings. The maximum Gasteiger partial charge on any atom is 0.179 e. The number of hydrogen-bond acceptors (Lipinski definition) is 4. The number of aliphatic hydroxyl groups excluding tert-OH is 1. The zero-order valence-electron chi connectivity index (χ0n) is 12.3. The quantitative estimate of drug-likeness (QED) is 0.584. The number of aromatic amines is 1. The molecule has 9 heteroatoms. The van der Waals surface area contributed by atoms with Crippen LogP contribution < -0.4 is 0 Å². The Labute approximate surface area is 146 Å². The molecule has 122 valence electrons. The van der Waals surface area contributed by atoms with Crippen LogP contribution in [0.3, 0.4) is 0 Å². The number of hydrogen-bond donors (Lipinski definition) is 2. The molecule has 3 aromatic heterocycles. The van der Waals surface area contributed by atoms with Gasteiger partial charge in [0.1, 0.15) is 0 Å². The van der Waals surface area contributed by atoms with Crippen LogP contribution in [0, 0.1) is 0 Å². The first-order chi connectivity index (χ1) is 11.7. The van der Waals surface area contributed by atoms with Crippen molar-refractivity contribution in [2.75, 3.05) is 6.61 Å². The van der Waals surface area contributed by atoms with Crippen molar-refractivity contribution >= 4 is 34.1 Å². The minimum absolute atomic E-state index is 0.0118. The number of halogens is 2. The fraction of sp³-hybridized carbons (Fsp3) is 0.133. The maximum atomic E-state index is 9.04. The van der Waals surface area contributed by atoms with Crippen LogP contribution >= 0.6 is 23.2 Å².